The maximum atomic E-state index is 4.43. The largest absolute Gasteiger partial charge is 0.304 e. The first-order valence-electron chi connectivity index (χ1n) is 6.86. The summed E-state index contributed by atoms with van der Waals surface area (Å²) in [4.78, 5) is 5.80. The quantitative estimate of drug-likeness (QED) is 0.764. The minimum atomic E-state index is 0.341. The lowest BCUT2D eigenvalue weighted by Gasteiger charge is -2.12. The van der Waals surface area contributed by atoms with E-state index in [1.54, 1.807) is 0 Å². The SMILES string of the molecule is Cc1cccnc1CNC(C)c1cc2ccccc2s1. The lowest BCUT2D eigenvalue weighted by molar-refractivity contribution is 0.574. The highest BCUT2D eigenvalue weighted by molar-refractivity contribution is 7.19. The number of fused-ring (bicyclic) bond motifs is 1. The second-order valence-electron chi connectivity index (χ2n) is 5.06. The first-order valence-corrected chi connectivity index (χ1v) is 7.68. The molecule has 0 radical (unpaired) electrons. The molecule has 3 heteroatoms. The number of thiophene rings is 1. The van der Waals surface area contributed by atoms with E-state index in [1.165, 1.54) is 20.5 Å². The van der Waals surface area contributed by atoms with Crippen molar-refractivity contribution in [3.63, 3.8) is 0 Å². The number of rotatable bonds is 4. The highest BCUT2D eigenvalue weighted by Crippen LogP contribution is 2.29. The molecule has 0 aliphatic heterocycles. The molecular formula is C17H18N2S. The van der Waals surface area contributed by atoms with Crippen LogP contribution >= 0.6 is 11.3 Å². The number of nitrogens with one attached hydrogen (secondary N) is 1. The average molecular weight is 282 g/mol. The van der Waals surface area contributed by atoms with Crippen molar-refractivity contribution in [2.75, 3.05) is 0 Å². The van der Waals surface area contributed by atoms with Gasteiger partial charge in [-0.05, 0) is 43.0 Å². The van der Waals surface area contributed by atoms with Crippen molar-refractivity contribution in [3.05, 3.63) is 64.8 Å². The lowest BCUT2D eigenvalue weighted by Crippen LogP contribution is -2.18. The minimum absolute atomic E-state index is 0.341. The topological polar surface area (TPSA) is 24.9 Å². The Labute approximate surface area is 123 Å². The van der Waals surface area contributed by atoms with Gasteiger partial charge in [0.25, 0.3) is 0 Å². The van der Waals surface area contributed by atoms with Crippen molar-refractivity contribution in [2.24, 2.45) is 0 Å². The van der Waals surface area contributed by atoms with E-state index in [0.717, 1.165) is 12.2 Å². The molecule has 1 unspecified atom stereocenters. The zero-order valence-corrected chi connectivity index (χ0v) is 12.6. The highest BCUT2D eigenvalue weighted by atomic mass is 32.1. The molecule has 2 heterocycles. The van der Waals surface area contributed by atoms with E-state index < -0.39 is 0 Å². The summed E-state index contributed by atoms with van der Waals surface area (Å²) in [6.07, 6.45) is 1.86. The van der Waals surface area contributed by atoms with Gasteiger partial charge in [0.15, 0.2) is 0 Å². The maximum absolute atomic E-state index is 4.43. The van der Waals surface area contributed by atoms with Crippen molar-refractivity contribution in [1.29, 1.82) is 0 Å². The Morgan fingerprint density at radius 1 is 1.20 bits per heavy atom. The summed E-state index contributed by atoms with van der Waals surface area (Å²) >= 11 is 1.86. The lowest BCUT2D eigenvalue weighted by atomic mass is 10.2. The third kappa shape index (κ3) is 2.74. The van der Waals surface area contributed by atoms with Gasteiger partial charge in [-0.2, -0.15) is 0 Å². The first-order chi connectivity index (χ1) is 9.74. The Morgan fingerprint density at radius 3 is 2.85 bits per heavy atom. The summed E-state index contributed by atoms with van der Waals surface area (Å²) in [5.41, 5.74) is 2.36. The molecule has 0 bridgehead atoms. The van der Waals surface area contributed by atoms with Crippen molar-refractivity contribution >= 4 is 21.4 Å². The summed E-state index contributed by atoms with van der Waals surface area (Å²) in [6.45, 7) is 5.12. The van der Waals surface area contributed by atoms with E-state index in [2.05, 4.69) is 60.5 Å². The number of aryl methyl sites for hydroxylation is 1. The third-order valence-electron chi connectivity index (χ3n) is 3.56. The third-order valence-corrected chi connectivity index (χ3v) is 4.86. The molecule has 2 nitrogen and oxygen atoms in total. The smallest absolute Gasteiger partial charge is 0.0570 e. The Morgan fingerprint density at radius 2 is 2.05 bits per heavy atom. The van der Waals surface area contributed by atoms with Crippen LogP contribution in [-0.4, -0.2) is 4.98 Å². The van der Waals surface area contributed by atoms with Crippen molar-refractivity contribution in [2.45, 2.75) is 26.4 Å². The standard InChI is InChI=1S/C17H18N2S/c1-12-6-5-9-18-15(12)11-19-13(2)17-10-14-7-3-4-8-16(14)20-17/h3-10,13,19H,11H2,1-2H3. The van der Waals surface area contributed by atoms with Crippen molar-refractivity contribution in [1.82, 2.24) is 10.3 Å². The van der Waals surface area contributed by atoms with E-state index in [1.807, 2.05) is 23.6 Å². The fraction of sp³-hybridized carbons (Fsp3) is 0.235. The predicted molar refractivity (Wildman–Crippen MR) is 86.1 cm³/mol. The van der Waals surface area contributed by atoms with Gasteiger partial charge in [0.05, 0.1) is 5.69 Å². The second-order valence-corrected chi connectivity index (χ2v) is 6.17. The fourth-order valence-corrected chi connectivity index (χ4v) is 3.36. The van der Waals surface area contributed by atoms with Crippen LogP contribution in [0, 0.1) is 6.92 Å². The van der Waals surface area contributed by atoms with Gasteiger partial charge in [0.2, 0.25) is 0 Å². The zero-order valence-electron chi connectivity index (χ0n) is 11.8. The molecule has 3 aromatic rings. The average Bonchev–Trinajstić information content (AvgIpc) is 2.90. The van der Waals surface area contributed by atoms with Gasteiger partial charge in [-0.15, -0.1) is 11.3 Å². The van der Waals surface area contributed by atoms with E-state index >= 15 is 0 Å². The molecule has 2 aromatic heterocycles. The van der Waals surface area contributed by atoms with E-state index in [-0.39, 0.29) is 0 Å². The number of hydrogen-bond donors (Lipinski definition) is 1. The molecule has 0 saturated carbocycles. The van der Waals surface area contributed by atoms with Crippen LogP contribution in [0.5, 0.6) is 0 Å². The van der Waals surface area contributed by atoms with Gasteiger partial charge < -0.3 is 5.32 Å². The van der Waals surface area contributed by atoms with Crippen LogP contribution < -0.4 is 5.32 Å². The van der Waals surface area contributed by atoms with Crippen LogP contribution in [0.4, 0.5) is 0 Å². The molecule has 1 N–H and O–H groups in total. The van der Waals surface area contributed by atoms with E-state index in [0.29, 0.717) is 6.04 Å². The molecule has 102 valence electrons. The van der Waals surface area contributed by atoms with Gasteiger partial charge in [0.1, 0.15) is 0 Å². The number of hydrogen-bond acceptors (Lipinski definition) is 3. The Bertz CT molecular complexity index is 685. The number of nitrogens with zero attached hydrogens (tertiary/aromatic N) is 1. The molecule has 0 aliphatic carbocycles. The molecule has 0 aliphatic rings. The van der Waals surface area contributed by atoms with E-state index in [4.69, 9.17) is 0 Å². The van der Waals surface area contributed by atoms with Gasteiger partial charge in [-0.25, -0.2) is 0 Å². The van der Waals surface area contributed by atoms with Crippen LogP contribution in [-0.2, 0) is 6.54 Å². The summed E-state index contributed by atoms with van der Waals surface area (Å²) in [5, 5.41) is 4.89. The Kier molecular flexibility index (Phi) is 3.81. The normalized spacial score (nSPS) is 12.7. The highest BCUT2D eigenvalue weighted by Gasteiger charge is 2.09. The van der Waals surface area contributed by atoms with Crippen LogP contribution in [0.25, 0.3) is 10.1 Å². The predicted octanol–water partition coefficient (Wildman–Crippen LogP) is 4.46. The van der Waals surface area contributed by atoms with Gasteiger partial charge in [0, 0.05) is 28.4 Å². The summed E-state index contributed by atoms with van der Waals surface area (Å²) in [6, 6.07) is 15.2. The van der Waals surface area contributed by atoms with Crippen molar-refractivity contribution < 1.29 is 0 Å². The molecule has 20 heavy (non-hydrogen) atoms. The monoisotopic (exact) mass is 282 g/mol. The van der Waals surface area contributed by atoms with Gasteiger partial charge >= 0.3 is 0 Å². The van der Waals surface area contributed by atoms with Crippen molar-refractivity contribution in [3.8, 4) is 0 Å². The number of aromatic nitrogens is 1. The Balaban J connectivity index is 1.73. The summed E-state index contributed by atoms with van der Waals surface area (Å²) < 4.78 is 1.35. The van der Waals surface area contributed by atoms with E-state index in [9.17, 15) is 0 Å². The molecule has 1 aromatic carbocycles. The van der Waals surface area contributed by atoms with Crippen LogP contribution in [0.1, 0.15) is 29.1 Å². The number of benzene rings is 1. The molecule has 0 fully saturated rings. The van der Waals surface area contributed by atoms with Crippen LogP contribution in [0.3, 0.4) is 0 Å². The zero-order chi connectivity index (χ0) is 13.9. The summed E-state index contributed by atoms with van der Waals surface area (Å²) in [5.74, 6) is 0. The molecule has 0 spiro atoms. The summed E-state index contributed by atoms with van der Waals surface area (Å²) in [7, 11) is 0. The Hall–Kier alpha value is -1.71. The first kappa shape index (κ1) is 13.3. The van der Waals surface area contributed by atoms with Crippen LogP contribution in [0.2, 0.25) is 0 Å². The van der Waals surface area contributed by atoms with Crippen LogP contribution in [0.15, 0.2) is 48.7 Å². The van der Waals surface area contributed by atoms with Gasteiger partial charge in [-0.3, -0.25) is 4.98 Å². The maximum Gasteiger partial charge on any atom is 0.0570 e. The fourth-order valence-electron chi connectivity index (χ4n) is 2.27. The molecular weight excluding hydrogens is 264 g/mol. The van der Waals surface area contributed by atoms with Gasteiger partial charge in [-0.1, -0.05) is 24.3 Å². The minimum Gasteiger partial charge on any atom is -0.304 e. The molecule has 1 atom stereocenters. The molecule has 0 amide bonds. The molecule has 0 saturated heterocycles. The number of pyridine rings is 1. The second kappa shape index (κ2) is 5.73. The molecule has 3 rings (SSSR count).